The normalized spacial score (nSPS) is 13.6. The Hall–Kier alpha value is -3.41. The maximum atomic E-state index is 14.0. The second kappa shape index (κ2) is 12.5. The number of carbonyl (C=O) groups excluding carboxylic acids is 2. The number of para-hydroxylation sites is 1. The zero-order valence-corrected chi connectivity index (χ0v) is 21.7. The van der Waals surface area contributed by atoms with Crippen molar-refractivity contribution in [3.63, 3.8) is 0 Å². The van der Waals surface area contributed by atoms with Crippen molar-refractivity contribution in [2.24, 2.45) is 5.92 Å². The Morgan fingerprint density at radius 2 is 1.69 bits per heavy atom. The highest BCUT2D eigenvalue weighted by molar-refractivity contribution is 7.56. The fourth-order valence-electron chi connectivity index (χ4n) is 3.46. The van der Waals surface area contributed by atoms with Gasteiger partial charge < -0.3 is 14.0 Å². The molecule has 1 unspecified atom stereocenters. The van der Waals surface area contributed by atoms with Crippen LogP contribution in [0.25, 0.3) is 10.8 Å². The highest BCUT2D eigenvalue weighted by Crippen LogP contribution is 2.47. The molecule has 36 heavy (non-hydrogen) atoms. The summed E-state index contributed by atoms with van der Waals surface area (Å²) in [5, 5.41) is 4.59. The van der Waals surface area contributed by atoms with Crippen molar-refractivity contribution in [2.45, 2.75) is 33.0 Å². The first-order valence-electron chi connectivity index (χ1n) is 11.8. The summed E-state index contributed by atoms with van der Waals surface area (Å²) < 4.78 is 30.4. The van der Waals surface area contributed by atoms with E-state index in [0.717, 1.165) is 10.8 Å². The Balaban J connectivity index is 1.86. The van der Waals surface area contributed by atoms with Gasteiger partial charge in [0, 0.05) is 0 Å². The molecule has 1 N–H and O–H groups in total. The maximum Gasteiger partial charge on any atom is 0.338 e. The van der Waals surface area contributed by atoms with Gasteiger partial charge in [-0.25, -0.2) is 9.88 Å². The molecule has 0 bridgehead atoms. The van der Waals surface area contributed by atoms with Gasteiger partial charge in [-0.05, 0) is 53.4 Å². The lowest BCUT2D eigenvalue weighted by Crippen LogP contribution is -2.35. The Morgan fingerprint density at radius 1 is 0.972 bits per heavy atom. The molecule has 0 spiro atoms. The van der Waals surface area contributed by atoms with Crippen LogP contribution in [0.4, 0.5) is 0 Å². The number of hydrogen-bond donors (Lipinski definition) is 1. The topological polar surface area (TPSA) is 90.9 Å². The maximum absolute atomic E-state index is 14.0. The predicted octanol–water partition coefficient (Wildman–Crippen LogP) is 6.13. The zero-order valence-electron chi connectivity index (χ0n) is 20.8. The molecule has 3 aromatic rings. The quantitative estimate of drug-likeness (QED) is 0.178. The largest absolute Gasteiger partial charge is 0.464 e. The van der Waals surface area contributed by atoms with Crippen LogP contribution in [0.2, 0.25) is 0 Å². The average Bonchev–Trinajstić information content (AvgIpc) is 2.85. The molecule has 0 radical (unpaired) electrons. The van der Waals surface area contributed by atoms with E-state index in [4.69, 9.17) is 14.0 Å². The smallest absolute Gasteiger partial charge is 0.338 e. The molecule has 8 heteroatoms. The molecule has 190 valence electrons. The van der Waals surface area contributed by atoms with E-state index in [2.05, 4.69) is 11.7 Å². The van der Waals surface area contributed by atoms with Crippen molar-refractivity contribution in [3.05, 3.63) is 90.5 Å². The van der Waals surface area contributed by atoms with Crippen LogP contribution in [-0.2, 0) is 25.0 Å². The Bertz CT molecular complexity index is 1260. The van der Waals surface area contributed by atoms with Gasteiger partial charge in [-0.3, -0.25) is 9.36 Å². The lowest BCUT2D eigenvalue weighted by molar-refractivity contribution is -0.146. The van der Waals surface area contributed by atoms with Crippen LogP contribution < -0.4 is 9.61 Å². The molecule has 0 heterocycles. The van der Waals surface area contributed by atoms with Gasteiger partial charge in [0.15, 0.2) is 0 Å². The third kappa shape index (κ3) is 7.80. The number of esters is 2. The van der Waals surface area contributed by atoms with E-state index in [1.54, 1.807) is 43.3 Å². The fraction of sp³-hybridized carbons (Fsp3) is 0.286. The van der Waals surface area contributed by atoms with Gasteiger partial charge in [-0.1, -0.05) is 69.0 Å². The second-order valence-electron chi connectivity index (χ2n) is 8.89. The lowest BCUT2D eigenvalue weighted by Gasteiger charge is -2.24. The van der Waals surface area contributed by atoms with E-state index in [9.17, 15) is 14.2 Å². The Labute approximate surface area is 212 Å². The molecular weight excluding hydrogens is 477 g/mol. The molecule has 7 nitrogen and oxygen atoms in total. The number of ether oxygens (including phenoxy) is 2. The van der Waals surface area contributed by atoms with Gasteiger partial charge >= 0.3 is 19.5 Å². The fourth-order valence-corrected chi connectivity index (χ4v) is 5.50. The first-order valence-corrected chi connectivity index (χ1v) is 13.6. The summed E-state index contributed by atoms with van der Waals surface area (Å²) in [5.74, 6) is -0.341. The van der Waals surface area contributed by atoms with Gasteiger partial charge in [-0.2, -0.15) is 0 Å². The standard InChI is InChI=1S/C28H32NO6P/c1-5-15-33-28(31)24-14-13-23-12-11-22(16-25(23)17-24)19-36(32,35-26-9-7-6-8-10-26)29-21(4)27(30)34-18-20(2)3/h5-14,16-17,20-21H,1,15,18-19H2,2-4H3,(H,29,32)/t21-,36?/m0/s1. The zero-order chi connectivity index (χ0) is 26.1. The third-order valence-electron chi connectivity index (χ3n) is 5.16. The number of hydrogen-bond acceptors (Lipinski definition) is 6. The van der Waals surface area contributed by atoms with E-state index in [1.165, 1.54) is 6.08 Å². The summed E-state index contributed by atoms with van der Waals surface area (Å²) in [6.45, 7) is 9.44. The van der Waals surface area contributed by atoms with Crippen molar-refractivity contribution in [2.75, 3.05) is 13.2 Å². The second-order valence-corrected chi connectivity index (χ2v) is 11.0. The molecule has 0 aromatic heterocycles. The summed E-state index contributed by atoms with van der Waals surface area (Å²) in [5.41, 5.74) is 1.12. The average molecular weight is 510 g/mol. The molecule has 0 aliphatic carbocycles. The van der Waals surface area contributed by atoms with Gasteiger partial charge in [-0.15, -0.1) is 0 Å². The first kappa shape index (κ1) is 27.2. The van der Waals surface area contributed by atoms with E-state index in [1.807, 2.05) is 44.2 Å². The monoisotopic (exact) mass is 509 g/mol. The van der Waals surface area contributed by atoms with Crippen LogP contribution in [0, 0.1) is 5.92 Å². The van der Waals surface area contributed by atoms with Crippen molar-refractivity contribution < 1.29 is 28.2 Å². The van der Waals surface area contributed by atoms with Crippen molar-refractivity contribution >= 4 is 30.2 Å². The highest BCUT2D eigenvalue weighted by Gasteiger charge is 2.31. The van der Waals surface area contributed by atoms with Crippen molar-refractivity contribution in [1.29, 1.82) is 0 Å². The van der Waals surface area contributed by atoms with Crippen LogP contribution in [0.5, 0.6) is 5.75 Å². The van der Waals surface area contributed by atoms with Crippen LogP contribution in [0.1, 0.15) is 36.7 Å². The minimum Gasteiger partial charge on any atom is -0.464 e. The number of carbonyl (C=O) groups is 2. The van der Waals surface area contributed by atoms with E-state index < -0.39 is 25.5 Å². The van der Waals surface area contributed by atoms with E-state index >= 15 is 0 Å². The summed E-state index contributed by atoms with van der Waals surface area (Å²) >= 11 is 0. The molecule has 0 fully saturated rings. The Kier molecular flexibility index (Phi) is 9.45. The first-order chi connectivity index (χ1) is 17.2. The molecule has 2 atom stereocenters. The molecule has 0 amide bonds. The van der Waals surface area contributed by atoms with Crippen LogP contribution in [-0.4, -0.2) is 31.2 Å². The van der Waals surface area contributed by atoms with Crippen LogP contribution in [0.15, 0.2) is 79.4 Å². The van der Waals surface area contributed by atoms with Gasteiger partial charge in [0.1, 0.15) is 18.4 Å². The predicted molar refractivity (Wildman–Crippen MR) is 141 cm³/mol. The van der Waals surface area contributed by atoms with Gasteiger partial charge in [0.05, 0.1) is 18.3 Å². The SMILES string of the molecule is C=CCOC(=O)c1ccc2ccc(CP(=O)(N[C@@H](C)C(=O)OCC(C)C)Oc3ccccc3)cc2c1. The molecule has 0 saturated heterocycles. The van der Waals surface area contributed by atoms with Gasteiger partial charge in [0.2, 0.25) is 0 Å². The minimum absolute atomic E-state index is 0.0186. The van der Waals surface area contributed by atoms with E-state index in [0.29, 0.717) is 16.9 Å². The molecule has 3 rings (SSSR count). The molecule has 0 aliphatic rings. The van der Waals surface area contributed by atoms with Crippen LogP contribution >= 0.6 is 7.52 Å². The number of benzene rings is 3. The molecule has 0 saturated carbocycles. The minimum atomic E-state index is -3.60. The van der Waals surface area contributed by atoms with Gasteiger partial charge in [0.25, 0.3) is 0 Å². The van der Waals surface area contributed by atoms with Crippen LogP contribution in [0.3, 0.4) is 0 Å². The molecule has 0 aliphatic heterocycles. The molecule has 3 aromatic carbocycles. The Morgan fingerprint density at radius 3 is 2.39 bits per heavy atom. The summed E-state index contributed by atoms with van der Waals surface area (Å²) in [6, 6.07) is 18.8. The number of fused-ring (bicyclic) bond motifs is 1. The highest BCUT2D eigenvalue weighted by atomic mass is 31.2. The number of rotatable bonds is 12. The summed E-state index contributed by atoms with van der Waals surface area (Å²) in [4.78, 5) is 24.7. The molecular formula is C28H32NO6P. The third-order valence-corrected chi connectivity index (χ3v) is 7.23. The van der Waals surface area contributed by atoms with E-state index in [-0.39, 0.29) is 25.3 Å². The lowest BCUT2D eigenvalue weighted by atomic mass is 10.0. The summed E-state index contributed by atoms with van der Waals surface area (Å²) in [7, 11) is -3.60. The number of nitrogens with one attached hydrogen (secondary N) is 1. The summed E-state index contributed by atoms with van der Waals surface area (Å²) in [6.07, 6.45) is 1.53. The van der Waals surface area contributed by atoms with Crippen molar-refractivity contribution in [3.8, 4) is 5.75 Å². The van der Waals surface area contributed by atoms with Crippen molar-refractivity contribution in [1.82, 2.24) is 5.09 Å².